The molecule has 0 unspecified atom stereocenters. The molecule has 0 saturated heterocycles. The number of amides is 1. The lowest BCUT2D eigenvalue weighted by atomic mass is 9.89. The zero-order valence-electron chi connectivity index (χ0n) is 15.5. The van der Waals surface area contributed by atoms with Crippen LogP contribution in [0.1, 0.15) is 49.4 Å². The van der Waals surface area contributed by atoms with Crippen LogP contribution in [0.3, 0.4) is 0 Å². The number of para-hydroxylation sites is 1. The molecule has 0 aliphatic heterocycles. The van der Waals surface area contributed by atoms with Crippen molar-refractivity contribution < 1.29 is 14.3 Å². The normalized spacial score (nSPS) is 14.4. The van der Waals surface area contributed by atoms with E-state index in [1.807, 2.05) is 18.2 Å². The summed E-state index contributed by atoms with van der Waals surface area (Å²) in [5.41, 5.74) is 1.84. The molecular formula is C21H25N3O3. The predicted molar refractivity (Wildman–Crippen MR) is 105 cm³/mol. The van der Waals surface area contributed by atoms with Gasteiger partial charge in [0.1, 0.15) is 5.82 Å². The lowest BCUT2D eigenvalue weighted by Crippen LogP contribution is -2.25. The van der Waals surface area contributed by atoms with Crippen LogP contribution < -0.4 is 10.6 Å². The molecule has 0 spiro atoms. The minimum atomic E-state index is -0.370. The zero-order chi connectivity index (χ0) is 19.1. The highest BCUT2D eigenvalue weighted by Crippen LogP contribution is 2.25. The highest BCUT2D eigenvalue weighted by atomic mass is 16.5. The zero-order valence-corrected chi connectivity index (χ0v) is 15.5. The Labute approximate surface area is 159 Å². The van der Waals surface area contributed by atoms with Gasteiger partial charge in [-0.1, -0.05) is 31.4 Å². The van der Waals surface area contributed by atoms with Crippen LogP contribution in [0.25, 0.3) is 0 Å². The number of carbonyl (C=O) groups is 2. The molecule has 1 amide bonds. The summed E-state index contributed by atoms with van der Waals surface area (Å²) in [5.74, 6) is 0.310. The predicted octanol–water partition coefficient (Wildman–Crippen LogP) is 4.52. The number of anilines is 3. The minimum absolute atomic E-state index is 0.0514. The van der Waals surface area contributed by atoms with E-state index < -0.39 is 0 Å². The molecule has 2 aromatic rings. The van der Waals surface area contributed by atoms with Gasteiger partial charge in [0.05, 0.1) is 29.7 Å². The van der Waals surface area contributed by atoms with E-state index in [4.69, 9.17) is 4.74 Å². The van der Waals surface area contributed by atoms with Gasteiger partial charge >= 0.3 is 5.97 Å². The lowest BCUT2D eigenvalue weighted by molar-refractivity contribution is -0.120. The molecule has 6 heteroatoms. The summed E-state index contributed by atoms with van der Waals surface area (Å²) >= 11 is 0. The number of benzene rings is 1. The van der Waals surface area contributed by atoms with Crippen LogP contribution in [0.4, 0.5) is 17.2 Å². The van der Waals surface area contributed by atoms with Crippen molar-refractivity contribution in [1.82, 2.24) is 4.98 Å². The van der Waals surface area contributed by atoms with Crippen LogP contribution in [-0.2, 0) is 9.53 Å². The van der Waals surface area contributed by atoms with Crippen molar-refractivity contribution in [2.24, 2.45) is 5.92 Å². The van der Waals surface area contributed by atoms with Gasteiger partial charge in [-0.2, -0.15) is 0 Å². The number of carbonyl (C=O) groups excluding carboxylic acids is 2. The summed E-state index contributed by atoms with van der Waals surface area (Å²) < 4.78 is 5.08. The second-order valence-electron chi connectivity index (χ2n) is 6.65. The summed E-state index contributed by atoms with van der Waals surface area (Å²) in [7, 11) is 0. The van der Waals surface area contributed by atoms with Crippen LogP contribution >= 0.6 is 0 Å². The van der Waals surface area contributed by atoms with Crippen LogP contribution in [0.15, 0.2) is 42.6 Å². The first-order valence-corrected chi connectivity index (χ1v) is 9.47. The van der Waals surface area contributed by atoms with Crippen LogP contribution in [0, 0.1) is 5.92 Å². The Bertz CT molecular complexity index is 784. The molecule has 1 aliphatic rings. The Morgan fingerprint density at radius 2 is 1.89 bits per heavy atom. The number of nitrogens with zero attached hydrogens (tertiary/aromatic N) is 1. The lowest BCUT2D eigenvalue weighted by Gasteiger charge is -2.20. The molecule has 2 N–H and O–H groups in total. The number of aromatic nitrogens is 1. The maximum absolute atomic E-state index is 12.3. The Balaban J connectivity index is 1.64. The van der Waals surface area contributed by atoms with Gasteiger partial charge in [0.25, 0.3) is 0 Å². The maximum Gasteiger partial charge on any atom is 0.340 e. The number of hydrogen-bond acceptors (Lipinski definition) is 5. The van der Waals surface area contributed by atoms with E-state index in [1.54, 1.807) is 31.3 Å². The van der Waals surface area contributed by atoms with E-state index in [1.165, 1.54) is 6.42 Å². The van der Waals surface area contributed by atoms with Crippen molar-refractivity contribution in [2.45, 2.75) is 39.0 Å². The molecule has 0 bridgehead atoms. The number of ether oxygens (including phenoxy) is 1. The largest absolute Gasteiger partial charge is 0.462 e. The molecule has 142 valence electrons. The molecule has 1 aliphatic carbocycles. The Kier molecular flexibility index (Phi) is 6.41. The van der Waals surface area contributed by atoms with Crippen molar-refractivity contribution in [3.63, 3.8) is 0 Å². The van der Waals surface area contributed by atoms with Gasteiger partial charge in [-0.3, -0.25) is 4.79 Å². The third kappa shape index (κ3) is 5.06. The molecule has 27 heavy (non-hydrogen) atoms. The molecule has 0 atom stereocenters. The Morgan fingerprint density at radius 3 is 2.59 bits per heavy atom. The molecule has 3 rings (SSSR count). The van der Waals surface area contributed by atoms with Gasteiger partial charge in [-0.15, -0.1) is 0 Å². The molecule has 1 saturated carbocycles. The van der Waals surface area contributed by atoms with Crippen molar-refractivity contribution in [3.05, 3.63) is 48.2 Å². The fourth-order valence-electron chi connectivity index (χ4n) is 3.27. The molecule has 6 nitrogen and oxygen atoms in total. The molecule has 1 aromatic carbocycles. The second kappa shape index (κ2) is 9.16. The van der Waals surface area contributed by atoms with Gasteiger partial charge in [0, 0.05) is 5.92 Å². The highest BCUT2D eigenvalue weighted by molar-refractivity contribution is 5.96. The number of esters is 1. The number of rotatable bonds is 6. The van der Waals surface area contributed by atoms with E-state index in [2.05, 4.69) is 15.6 Å². The summed E-state index contributed by atoms with van der Waals surface area (Å²) in [4.78, 5) is 28.7. The average molecular weight is 367 g/mol. The maximum atomic E-state index is 12.3. The van der Waals surface area contributed by atoms with Gasteiger partial charge in [0.15, 0.2) is 0 Å². The minimum Gasteiger partial charge on any atom is -0.462 e. The van der Waals surface area contributed by atoms with Gasteiger partial charge < -0.3 is 15.4 Å². The topological polar surface area (TPSA) is 80.3 Å². The fourth-order valence-corrected chi connectivity index (χ4v) is 3.27. The van der Waals surface area contributed by atoms with E-state index in [0.29, 0.717) is 23.7 Å². The van der Waals surface area contributed by atoms with Gasteiger partial charge in [-0.25, -0.2) is 9.78 Å². The molecule has 1 heterocycles. The second-order valence-corrected chi connectivity index (χ2v) is 6.65. The van der Waals surface area contributed by atoms with Crippen LogP contribution in [0.2, 0.25) is 0 Å². The first-order chi connectivity index (χ1) is 13.2. The Morgan fingerprint density at radius 1 is 1.11 bits per heavy atom. The third-order valence-electron chi connectivity index (χ3n) is 4.69. The van der Waals surface area contributed by atoms with Crippen molar-refractivity contribution in [2.75, 3.05) is 17.2 Å². The van der Waals surface area contributed by atoms with Gasteiger partial charge in [0.2, 0.25) is 5.91 Å². The van der Waals surface area contributed by atoms with Gasteiger partial charge in [-0.05, 0) is 44.0 Å². The first-order valence-electron chi connectivity index (χ1n) is 9.47. The van der Waals surface area contributed by atoms with E-state index in [9.17, 15) is 9.59 Å². The molecule has 0 radical (unpaired) electrons. The molecule has 1 aromatic heterocycles. The van der Waals surface area contributed by atoms with E-state index >= 15 is 0 Å². The summed E-state index contributed by atoms with van der Waals surface area (Å²) in [6, 6.07) is 10.7. The smallest absolute Gasteiger partial charge is 0.340 e. The number of nitrogens with one attached hydrogen (secondary N) is 2. The highest BCUT2D eigenvalue weighted by Gasteiger charge is 2.21. The quantitative estimate of drug-likeness (QED) is 0.734. The fraction of sp³-hybridized carbons (Fsp3) is 0.381. The monoisotopic (exact) mass is 367 g/mol. The van der Waals surface area contributed by atoms with Crippen molar-refractivity contribution in [3.8, 4) is 0 Å². The number of hydrogen-bond donors (Lipinski definition) is 2. The van der Waals surface area contributed by atoms with Crippen LogP contribution in [-0.4, -0.2) is 23.5 Å². The Hall–Kier alpha value is -2.89. The van der Waals surface area contributed by atoms with Crippen LogP contribution in [0.5, 0.6) is 0 Å². The van der Waals surface area contributed by atoms with E-state index in [0.717, 1.165) is 31.4 Å². The molecular weight excluding hydrogens is 342 g/mol. The average Bonchev–Trinajstić information content (AvgIpc) is 2.70. The van der Waals surface area contributed by atoms with Crippen molar-refractivity contribution in [1.29, 1.82) is 0 Å². The standard InChI is InChI=1S/C21H25N3O3/c1-2-27-21(26)17-10-6-7-11-18(17)23-16-12-13-19(22-14-16)24-20(25)15-8-4-3-5-9-15/h6-7,10-15,23H,2-5,8-9H2,1H3,(H,22,24,25). The van der Waals surface area contributed by atoms with Crippen molar-refractivity contribution >= 4 is 29.1 Å². The van der Waals surface area contributed by atoms with E-state index in [-0.39, 0.29) is 17.8 Å². The number of pyridine rings is 1. The molecule has 1 fully saturated rings. The first kappa shape index (κ1) is 18.9. The SMILES string of the molecule is CCOC(=O)c1ccccc1Nc1ccc(NC(=O)C2CCCCC2)nc1. The summed E-state index contributed by atoms with van der Waals surface area (Å²) in [6.45, 7) is 2.10. The third-order valence-corrected chi connectivity index (χ3v) is 4.69. The summed E-state index contributed by atoms with van der Waals surface area (Å²) in [5, 5.41) is 6.08. The summed E-state index contributed by atoms with van der Waals surface area (Å²) in [6.07, 6.45) is 7.00.